The lowest BCUT2D eigenvalue weighted by molar-refractivity contribution is 0.0981. The lowest BCUT2D eigenvalue weighted by Gasteiger charge is -2.08. The van der Waals surface area contributed by atoms with Crippen LogP contribution in [0, 0.1) is 6.92 Å². The highest BCUT2D eigenvalue weighted by atomic mass is 32.2. The number of ether oxygens (including phenoxy) is 1. The van der Waals surface area contributed by atoms with E-state index < -0.39 is 21.2 Å². The van der Waals surface area contributed by atoms with Crippen molar-refractivity contribution < 1.29 is 17.9 Å². The SMILES string of the molecule is COc1ccc(-n2cc(C)c3cc(C(=O)NS(=O)(=O)C4CC4)ccc32)cn1. The first-order valence-corrected chi connectivity index (χ1v) is 10.1. The second kappa shape index (κ2) is 6.38. The molecular formula is C19H19N3O4S. The van der Waals surface area contributed by atoms with E-state index in [2.05, 4.69) is 9.71 Å². The second-order valence-electron chi connectivity index (χ2n) is 6.65. The summed E-state index contributed by atoms with van der Waals surface area (Å²) in [4.78, 5) is 16.6. The molecule has 1 amide bonds. The highest BCUT2D eigenvalue weighted by Gasteiger charge is 2.37. The average Bonchev–Trinajstić information content (AvgIpc) is 3.47. The molecule has 2 aromatic heterocycles. The number of benzene rings is 1. The number of hydrogen-bond donors (Lipinski definition) is 1. The van der Waals surface area contributed by atoms with E-state index in [1.54, 1.807) is 31.5 Å². The number of sulfonamides is 1. The van der Waals surface area contributed by atoms with E-state index in [9.17, 15) is 13.2 Å². The quantitative estimate of drug-likeness (QED) is 0.729. The van der Waals surface area contributed by atoms with E-state index in [1.165, 1.54) is 0 Å². The number of nitrogens with one attached hydrogen (secondary N) is 1. The monoisotopic (exact) mass is 385 g/mol. The van der Waals surface area contributed by atoms with Gasteiger partial charge in [0.05, 0.1) is 29.8 Å². The molecule has 4 rings (SSSR count). The van der Waals surface area contributed by atoms with Gasteiger partial charge in [0.2, 0.25) is 15.9 Å². The molecule has 1 aliphatic carbocycles. The van der Waals surface area contributed by atoms with E-state index >= 15 is 0 Å². The van der Waals surface area contributed by atoms with Crippen LogP contribution in [0.1, 0.15) is 28.8 Å². The highest BCUT2D eigenvalue weighted by Crippen LogP contribution is 2.28. The van der Waals surface area contributed by atoms with E-state index in [4.69, 9.17) is 4.74 Å². The number of aryl methyl sites for hydroxylation is 1. The average molecular weight is 385 g/mol. The van der Waals surface area contributed by atoms with Crippen LogP contribution in [-0.4, -0.2) is 36.2 Å². The van der Waals surface area contributed by atoms with Crippen molar-refractivity contribution in [3.8, 4) is 11.6 Å². The molecule has 0 aliphatic heterocycles. The Labute approximate surface area is 157 Å². The van der Waals surface area contributed by atoms with Gasteiger partial charge in [-0.3, -0.25) is 4.79 Å². The van der Waals surface area contributed by atoms with Crippen molar-refractivity contribution in [1.82, 2.24) is 14.3 Å². The van der Waals surface area contributed by atoms with Crippen LogP contribution in [-0.2, 0) is 10.0 Å². The third-order valence-corrected chi connectivity index (χ3v) is 6.49. The number of hydrogen-bond acceptors (Lipinski definition) is 5. The van der Waals surface area contributed by atoms with Gasteiger partial charge in [0.1, 0.15) is 0 Å². The number of carbonyl (C=O) groups excluding carboxylic acids is 1. The number of nitrogens with zero attached hydrogens (tertiary/aromatic N) is 2. The van der Waals surface area contributed by atoms with Crippen molar-refractivity contribution in [2.45, 2.75) is 25.0 Å². The Hall–Kier alpha value is -2.87. The smallest absolute Gasteiger partial charge is 0.264 e. The molecule has 1 fully saturated rings. The molecule has 0 saturated heterocycles. The van der Waals surface area contributed by atoms with Crippen LogP contribution in [0.2, 0.25) is 0 Å². The van der Waals surface area contributed by atoms with Crippen molar-refractivity contribution in [2.75, 3.05) is 7.11 Å². The number of methoxy groups -OCH3 is 1. The summed E-state index contributed by atoms with van der Waals surface area (Å²) in [6, 6.07) is 8.84. The number of aromatic nitrogens is 2. The van der Waals surface area contributed by atoms with Crippen LogP contribution in [0.4, 0.5) is 0 Å². The Morgan fingerprint density at radius 1 is 1.26 bits per heavy atom. The van der Waals surface area contributed by atoms with Crippen LogP contribution in [0.3, 0.4) is 0 Å². The fourth-order valence-electron chi connectivity index (χ4n) is 3.04. The molecule has 8 heteroatoms. The molecule has 1 saturated carbocycles. The molecule has 7 nitrogen and oxygen atoms in total. The van der Waals surface area contributed by atoms with Crippen LogP contribution >= 0.6 is 0 Å². The molecule has 140 valence electrons. The van der Waals surface area contributed by atoms with Crippen LogP contribution < -0.4 is 9.46 Å². The van der Waals surface area contributed by atoms with Gasteiger partial charge in [-0.05, 0) is 49.6 Å². The normalized spacial score (nSPS) is 14.3. The maximum atomic E-state index is 12.4. The molecule has 3 aromatic rings. The predicted octanol–water partition coefficient (Wildman–Crippen LogP) is 2.56. The van der Waals surface area contributed by atoms with Crippen LogP contribution in [0.15, 0.2) is 42.7 Å². The fourth-order valence-corrected chi connectivity index (χ4v) is 4.33. The molecule has 0 bridgehead atoms. The Morgan fingerprint density at radius 2 is 2.04 bits per heavy atom. The van der Waals surface area contributed by atoms with Crippen molar-refractivity contribution >= 4 is 26.8 Å². The number of rotatable bonds is 5. The van der Waals surface area contributed by atoms with E-state index in [-0.39, 0.29) is 0 Å². The molecule has 0 atom stereocenters. The molecule has 2 heterocycles. The minimum absolute atomic E-state index is 0.320. The molecule has 1 aromatic carbocycles. The summed E-state index contributed by atoms with van der Waals surface area (Å²) in [5.41, 5.74) is 3.06. The zero-order valence-corrected chi connectivity index (χ0v) is 15.8. The van der Waals surface area contributed by atoms with E-state index in [0.717, 1.165) is 22.2 Å². The number of fused-ring (bicyclic) bond motifs is 1. The molecule has 1 N–H and O–H groups in total. The Bertz CT molecular complexity index is 1130. The number of pyridine rings is 1. The fraction of sp³-hybridized carbons (Fsp3) is 0.263. The predicted molar refractivity (Wildman–Crippen MR) is 102 cm³/mol. The first-order chi connectivity index (χ1) is 12.9. The van der Waals surface area contributed by atoms with Crippen molar-refractivity contribution in [3.05, 3.63) is 53.9 Å². The van der Waals surface area contributed by atoms with Gasteiger partial charge in [0.15, 0.2) is 0 Å². The van der Waals surface area contributed by atoms with Crippen molar-refractivity contribution in [3.63, 3.8) is 0 Å². The largest absolute Gasteiger partial charge is 0.481 e. The lowest BCUT2D eigenvalue weighted by Crippen LogP contribution is -2.33. The molecule has 0 radical (unpaired) electrons. The summed E-state index contributed by atoms with van der Waals surface area (Å²) in [5, 5.41) is 0.442. The first-order valence-electron chi connectivity index (χ1n) is 8.57. The molecule has 27 heavy (non-hydrogen) atoms. The van der Waals surface area contributed by atoms with Gasteiger partial charge in [0.25, 0.3) is 5.91 Å². The summed E-state index contributed by atoms with van der Waals surface area (Å²) in [6.45, 7) is 1.94. The summed E-state index contributed by atoms with van der Waals surface area (Å²) in [5.74, 6) is -0.0650. The van der Waals surface area contributed by atoms with Gasteiger partial charge in [-0.1, -0.05) is 0 Å². The number of amides is 1. The maximum Gasteiger partial charge on any atom is 0.264 e. The van der Waals surface area contributed by atoms with Gasteiger partial charge in [-0.25, -0.2) is 18.1 Å². The lowest BCUT2D eigenvalue weighted by atomic mass is 10.1. The van der Waals surface area contributed by atoms with Crippen molar-refractivity contribution in [2.24, 2.45) is 0 Å². The summed E-state index contributed by atoms with van der Waals surface area (Å²) >= 11 is 0. The minimum atomic E-state index is -3.57. The Balaban J connectivity index is 1.69. The third kappa shape index (κ3) is 3.28. The third-order valence-electron chi connectivity index (χ3n) is 4.67. The second-order valence-corrected chi connectivity index (χ2v) is 8.61. The molecule has 0 spiro atoms. The molecule has 1 aliphatic rings. The summed E-state index contributed by atoms with van der Waals surface area (Å²) in [6.07, 6.45) is 4.89. The maximum absolute atomic E-state index is 12.4. The highest BCUT2D eigenvalue weighted by molar-refractivity contribution is 7.91. The van der Waals surface area contributed by atoms with Gasteiger partial charge < -0.3 is 9.30 Å². The van der Waals surface area contributed by atoms with Crippen LogP contribution in [0.5, 0.6) is 5.88 Å². The Morgan fingerprint density at radius 3 is 2.67 bits per heavy atom. The minimum Gasteiger partial charge on any atom is -0.481 e. The zero-order valence-electron chi connectivity index (χ0n) is 15.0. The molecule has 0 unspecified atom stereocenters. The standard InChI is InChI=1S/C19H19N3O4S/c1-12-11-22(14-4-8-18(26-2)20-10-14)17-7-3-13(9-16(12)17)19(23)21-27(24,25)15-5-6-15/h3-4,7-11,15H,5-6H2,1-2H3,(H,21,23). The zero-order chi connectivity index (χ0) is 19.2. The van der Waals surface area contributed by atoms with Crippen LogP contribution in [0.25, 0.3) is 16.6 Å². The van der Waals surface area contributed by atoms with Crippen molar-refractivity contribution in [1.29, 1.82) is 0 Å². The summed E-state index contributed by atoms with van der Waals surface area (Å²) in [7, 11) is -2.00. The van der Waals surface area contributed by atoms with Gasteiger partial charge in [0, 0.05) is 23.2 Å². The van der Waals surface area contributed by atoms with Gasteiger partial charge >= 0.3 is 0 Å². The number of carbonyl (C=O) groups is 1. The van der Waals surface area contributed by atoms with E-state index in [0.29, 0.717) is 24.3 Å². The van der Waals surface area contributed by atoms with Gasteiger partial charge in [-0.2, -0.15) is 0 Å². The topological polar surface area (TPSA) is 90.3 Å². The van der Waals surface area contributed by atoms with E-state index in [1.807, 2.05) is 29.8 Å². The molecular weight excluding hydrogens is 366 g/mol. The summed E-state index contributed by atoms with van der Waals surface area (Å²) < 4.78 is 33.2. The Kier molecular flexibility index (Phi) is 4.15. The van der Waals surface area contributed by atoms with Gasteiger partial charge in [-0.15, -0.1) is 0 Å². The first kappa shape index (κ1) is 17.5.